The molecule has 3 amide bonds. The molecule has 0 aromatic carbocycles. The molecule has 0 aromatic heterocycles. The lowest BCUT2D eigenvalue weighted by atomic mass is 10.0. The fourth-order valence-electron chi connectivity index (χ4n) is 2.19. The van der Waals surface area contributed by atoms with E-state index in [0.717, 1.165) is 0 Å². The first-order valence-electron chi connectivity index (χ1n) is 8.73. The van der Waals surface area contributed by atoms with Crippen molar-refractivity contribution in [1.29, 1.82) is 0 Å². The summed E-state index contributed by atoms with van der Waals surface area (Å²) in [4.78, 5) is 47.5. The largest absolute Gasteiger partial charge is 0.480 e. The lowest BCUT2D eigenvalue weighted by Gasteiger charge is -2.25. The number of carbonyl (C=O) groups excluding carboxylic acids is 3. The third kappa shape index (κ3) is 8.87. The molecule has 0 aliphatic rings. The number of hydrogen-bond donors (Lipinski definition) is 8. The maximum absolute atomic E-state index is 12.4. The lowest BCUT2D eigenvalue weighted by Crippen LogP contribution is -2.60. The summed E-state index contributed by atoms with van der Waals surface area (Å²) in [7, 11) is 0. The number of carboxylic acids is 1. The average Bonchev–Trinajstić information content (AvgIpc) is 2.59. The normalized spacial score (nSPS) is 16.4. The second-order valence-corrected chi connectivity index (χ2v) is 7.15. The van der Waals surface area contributed by atoms with E-state index in [2.05, 4.69) is 28.6 Å². The third-order valence-electron chi connectivity index (χ3n) is 3.74. The zero-order chi connectivity index (χ0) is 22.0. The topological polar surface area (TPSA) is 191 Å². The zero-order valence-electron chi connectivity index (χ0n) is 16.1. The summed E-state index contributed by atoms with van der Waals surface area (Å²) in [6.45, 7) is 4.16. The second kappa shape index (κ2) is 12.5. The number of amides is 3. The molecule has 0 radical (unpaired) electrons. The highest BCUT2D eigenvalue weighted by Gasteiger charge is 2.32. The van der Waals surface area contributed by atoms with Gasteiger partial charge in [0.25, 0.3) is 0 Å². The van der Waals surface area contributed by atoms with Crippen molar-refractivity contribution in [2.24, 2.45) is 11.7 Å². The van der Waals surface area contributed by atoms with Crippen LogP contribution in [0.3, 0.4) is 0 Å². The molecule has 0 saturated heterocycles. The van der Waals surface area contributed by atoms with Gasteiger partial charge in [-0.15, -0.1) is 0 Å². The number of carbonyl (C=O) groups is 4. The van der Waals surface area contributed by atoms with Gasteiger partial charge < -0.3 is 37.0 Å². The second-order valence-electron chi connectivity index (χ2n) is 6.79. The number of aliphatic carboxylic acids is 1. The van der Waals surface area contributed by atoms with Gasteiger partial charge in [0, 0.05) is 5.75 Å². The van der Waals surface area contributed by atoms with Crippen LogP contribution in [0, 0.1) is 5.92 Å². The Morgan fingerprint density at radius 2 is 1.50 bits per heavy atom. The number of aliphatic hydroxyl groups is 2. The van der Waals surface area contributed by atoms with Crippen LogP contribution in [0.5, 0.6) is 0 Å². The Balaban J connectivity index is 5.07. The Labute approximate surface area is 168 Å². The molecule has 0 bridgehead atoms. The molecule has 0 rings (SSSR count). The van der Waals surface area contributed by atoms with Crippen LogP contribution in [0.1, 0.15) is 27.2 Å². The fraction of sp³-hybridized carbons (Fsp3) is 0.750. The van der Waals surface area contributed by atoms with Crippen LogP contribution in [0.15, 0.2) is 0 Å². The van der Waals surface area contributed by atoms with Crippen LogP contribution in [0.4, 0.5) is 0 Å². The van der Waals surface area contributed by atoms with Gasteiger partial charge in [-0.2, -0.15) is 12.6 Å². The number of hydrogen-bond acceptors (Lipinski definition) is 8. The van der Waals surface area contributed by atoms with Gasteiger partial charge >= 0.3 is 5.97 Å². The van der Waals surface area contributed by atoms with E-state index in [9.17, 15) is 29.4 Å². The monoisotopic (exact) mass is 422 g/mol. The summed E-state index contributed by atoms with van der Waals surface area (Å²) in [6.07, 6.45) is -0.955. The number of rotatable bonds is 12. The quantitative estimate of drug-likeness (QED) is 0.155. The van der Waals surface area contributed by atoms with Gasteiger partial charge in [0.1, 0.15) is 18.1 Å². The van der Waals surface area contributed by atoms with Crippen molar-refractivity contribution >= 4 is 36.3 Å². The molecule has 11 nitrogen and oxygen atoms in total. The van der Waals surface area contributed by atoms with E-state index in [1.807, 2.05) is 13.8 Å². The molecule has 8 N–H and O–H groups in total. The molecule has 0 saturated carbocycles. The smallest absolute Gasteiger partial charge is 0.327 e. The molecule has 0 heterocycles. The summed E-state index contributed by atoms with van der Waals surface area (Å²) in [6, 6.07) is -5.12. The van der Waals surface area contributed by atoms with Crippen LogP contribution in [-0.4, -0.2) is 81.6 Å². The van der Waals surface area contributed by atoms with Gasteiger partial charge in [-0.3, -0.25) is 14.4 Å². The van der Waals surface area contributed by atoms with E-state index in [1.165, 1.54) is 6.92 Å². The van der Waals surface area contributed by atoms with Crippen LogP contribution in [0.25, 0.3) is 0 Å². The van der Waals surface area contributed by atoms with Crippen LogP contribution >= 0.6 is 12.6 Å². The van der Waals surface area contributed by atoms with Crippen LogP contribution in [-0.2, 0) is 19.2 Å². The molecule has 28 heavy (non-hydrogen) atoms. The molecule has 0 aliphatic heterocycles. The minimum atomic E-state index is -1.49. The Kier molecular flexibility index (Phi) is 11.7. The number of thiol groups is 1. The van der Waals surface area contributed by atoms with Gasteiger partial charge in [0.2, 0.25) is 17.7 Å². The molecular formula is C16H30N4O7S. The van der Waals surface area contributed by atoms with Gasteiger partial charge in [-0.25, -0.2) is 4.79 Å². The van der Waals surface area contributed by atoms with Crippen LogP contribution in [0.2, 0.25) is 0 Å². The summed E-state index contributed by atoms with van der Waals surface area (Å²) in [5.74, 6) is -3.94. The average molecular weight is 423 g/mol. The predicted octanol–water partition coefficient (Wildman–Crippen LogP) is -2.80. The van der Waals surface area contributed by atoms with E-state index >= 15 is 0 Å². The minimum absolute atomic E-state index is 0.135. The number of nitrogens with two attached hydrogens (primary N) is 1. The Bertz CT molecular complexity index is 559. The molecule has 0 fully saturated rings. The van der Waals surface area contributed by atoms with Crippen molar-refractivity contribution in [1.82, 2.24) is 16.0 Å². The zero-order valence-corrected chi connectivity index (χ0v) is 17.0. The molecule has 12 heteroatoms. The van der Waals surface area contributed by atoms with Crippen molar-refractivity contribution < 1.29 is 34.5 Å². The molecule has 0 aliphatic carbocycles. The summed E-state index contributed by atoms with van der Waals surface area (Å²) >= 11 is 3.80. The minimum Gasteiger partial charge on any atom is -0.480 e. The Morgan fingerprint density at radius 3 is 1.89 bits per heavy atom. The van der Waals surface area contributed by atoms with E-state index < -0.39 is 60.6 Å². The predicted molar refractivity (Wildman–Crippen MR) is 103 cm³/mol. The first-order valence-corrected chi connectivity index (χ1v) is 9.37. The van der Waals surface area contributed by atoms with Crippen molar-refractivity contribution in [3.63, 3.8) is 0 Å². The highest BCUT2D eigenvalue weighted by molar-refractivity contribution is 7.80. The maximum atomic E-state index is 12.4. The number of aliphatic hydroxyl groups excluding tert-OH is 2. The Morgan fingerprint density at radius 1 is 0.964 bits per heavy atom. The molecule has 0 spiro atoms. The SMILES string of the molecule is CC(C)CC(N)C(=O)NC(C(=O)NC(CO)C(=O)NC(CS)C(=O)O)C(C)O. The lowest BCUT2D eigenvalue weighted by molar-refractivity contribution is -0.142. The van der Waals surface area contributed by atoms with Gasteiger partial charge in [0.15, 0.2) is 0 Å². The highest BCUT2D eigenvalue weighted by Crippen LogP contribution is 2.04. The fourth-order valence-corrected chi connectivity index (χ4v) is 2.44. The first-order chi connectivity index (χ1) is 12.9. The number of nitrogens with one attached hydrogen (secondary N) is 3. The van der Waals surface area contributed by atoms with Crippen molar-refractivity contribution in [2.45, 2.75) is 57.5 Å². The standard InChI is InChI=1S/C16H30N4O7S/c1-7(2)4-9(17)13(23)20-12(8(3)22)15(25)18-10(5-21)14(24)19-11(6-28)16(26)27/h7-12,21-22,28H,4-6,17H2,1-3H3,(H,18,25)(H,19,24)(H,20,23)(H,26,27). The maximum Gasteiger partial charge on any atom is 0.327 e. The Hall–Kier alpha value is -1.89. The molecule has 162 valence electrons. The van der Waals surface area contributed by atoms with Gasteiger partial charge in [-0.05, 0) is 19.3 Å². The van der Waals surface area contributed by atoms with Crippen LogP contribution < -0.4 is 21.7 Å². The number of carboxylic acid groups (broad SMARTS) is 1. The molecule has 0 aromatic rings. The van der Waals surface area contributed by atoms with Crippen molar-refractivity contribution in [3.8, 4) is 0 Å². The van der Waals surface area contributed by atoms with E-state index in [0.29, 0.717) is 6.42 Å². The van der Waals surface area contributed by atoms with E-state index in [1.54, 1.807) is 0 Å². The van der Waals surface area contributed by atoms with Gasteiger partial charge in [-0.1, -0.05) is 13.8 Å². The van der Waals surface area contributed by atoms with E-state index in [-0.39, 0.29) is 11.7 Å². The van der Waals surface area contributed by atoms with Gasteiger partial charge in [0.05, 0.1) is 18.8 Å². The molecule has 5 unspecified atom stereocenters. The third-order valence-corrected chi connectivity index (χ3v) is 4.10. The highest BCUT2D eigenvalue weighted by atomic mass is 32.1. The van der Waals surface area contributed by atoms with E-state index in [4.69, 9.17) is 10.8 Å². The summed E-state index contributed by atoms with van der Waals surface area (Å²) < 4.78 is 0. The summed E-state index contributed by atoms with van der Waals surface area (Å²) in [5.41, 5.74) is 5.75. The summed E-state index contributed by atoms with van der Waals surface area (Å²) in [5, 5.41) is 34.7. The van der Waals surface area contributed by atoms with Crippen molar-refractivity contribution in [3.05, 3.63) is 0 Å². The van der Waals surface area contributed by atoms with Crippen molar-refractivity contribution in [2.75, 3.05) is 12.4 Å². The molecule has 5 atom stereocenters. The first kappa shape index (κ1) is 26.1. The molecular weight excluding hydrogens is 392 g/mol.